The highest BCUT2D eigenvalue weighted by atomic mass is 32.2. The van der Waals surface area contributed by atoms with Crippen molar-refractivity contribution < 1.29 is 4.21 Å². The van der Waals surface area contributed by atoms with E-state index in [0.29, 0.717) is 17.3 Å². The van der Waals surface area contributed by atoms with Crippen molar-refractivity contribution in [1.82, 2.24) is 18.9 Å². The summed E-state index contributed by atoms with van der Waals surface area (Å²) >= 11 is 0. The summed E-state index contributed by atoms with van der Waals surface area (Å²) in [5.74, 6) is 4.68. The van der Waals surface area contributed by atoms with Crippen molar-refractivity contribution in [3.63, 3.8) is 0 Å². The Morgan fingerprint density at radius 3 is 2.09 bits per heavy atom. The average molecular weight is 336 g/mol. The van der Waals surface area contributed by atoms with Crippen LogP contribution in [-0.2, 0) is 22.6 Å². The molecule has 2 aromatic rings. The van der Waals surface area contributed by atoms with E-state index in [1.165, 1.54) is 9.36 Å². The fraction of sp³-hybridized carbons (Fsp3) is 0.467. The Morgan fingerprint density at radius 1 is 1.04 bits per heavy atom. The minimum absolute atomic E-state index is 0.229. The zero-order chi connectivity index (χ0) is 16.9. The topological polar surface area (TPSA) is 78.9 Å². The van der Waals surface area contributed by atoms with Gasteiger partial charge in [-0.05, 0) is 47.3 Å². The molecule has 3 rings (SSSR count). The number of aromatic nitrogens is 4. The van der Waals surface area contributed by atoms with Crippen molar-refractivity contribution in [3.8, 4) is 5.82 Å². The molecule has 3 heterocycles. The van der Waals surface area contributed by atoms with Gasteiger partial charge in [-0.3, -0.25) is 4.21 Å². The molecule has 7 nitrogen and oxygen atoms in total. The van der Waals surface area contributed by atoms with Crippen LogP contribution in [0, 0.1) is 20.8 Å². The molecule has 124 valence electrons. The Bertz CT molecular complexity index is 963. The summed E-state index contributed by atoms with van der Waals surface area (Å²) in [7, 11) is -2.23. The van der Waals surface area contributed by atoms with Gasteiger partial charge in [0.15, 0.2) is 0 Å². The summed E-state index contributed by atoms with van der Waals surface area (Å²) in [6, 6.07) is 1.92. The molecule has 8 heteroatoms. The van der Waals surface area contributed by atoms with Crippen LogP contribution >= 0.6 is 0 Å². The monoisotopic (exact) mass is 336 g/mol. The largest absolute Gasteiger partial charge is 0.353 e. The maximum Gasteiger partial charge on any atom is 0.353 e. The Hall–Kier alpha value is -2.09. The summed E-state index contributed by atoms with van der Waals surface area (Å²) in [5.41, 5.74) is 1.69. The molecule has 0 bridgehead atoms. The number of hydrogen-bond donors (Lipinski definition) is 0. The molecule has 0 spiro atoms. The van der Waals surface area contributed by atoms with Gasteiger partial charge in [-0.1, -0.05) is 6.07 Å². The van der Waals surface area contributed by atoms with Crippen LogP contribution < -0.4 is 11.4 Å². The van der Waals surface area contributed by atoms with E-state index in [9.17, 15) is 13.8 Å². The molecular weight excluding hydrogens is 316 g/mol. The molecule has 23 heavy (non-hydrogen) atoms. The summed E-state index contributed by atoms with van der Waals surface area (Å²) in [5, 5.41) is 0. The van der Waals surface area contributed by atoms with Crippen LogP contribution in [0.2, 0.25) is 0 Å². The first-order valence-electron chi connectivity index (χ1n) is 7.42. The highest BCUT2D eigenvalue weighted by molar-refractivity contribution is 8.00. The molecule has 0 aliphatic carbocycles. The van der Waals surface area contributed by atoms with Gasteiger partial charge in [-0.25, -0.2) is 23.9 Å². The fourth-order valence-electron chi connectivity index (χ4n) is 2.80. The van der Waals surface area contributed by atoms with Crippen molar-refractivity contribution >= 4 is 15.4 Å². The molecule has 2 aromatic heterocycles. The van der Waals surface area contributed by atoms with Crippen molar-refractivity contribution in [2.75, 3.05) is 11.5 Å². The van der Waals surface area contributed by atoms with Crippen LogP contribution in [-0.4, -0.2) is 40.5 Å². The first-order valence-corrected chi connectivity index (χ1v) is 9.48. The lowest BCUT2D eigenvalue weighted by Crippen LogP contribution is -2.30. The lowest BCUT2D eigenvalue weighted by atomic mass is 10.1. The quantitative estimate of drug-likeness (QED) is 0.679. The van der Waals surface area contributed by atoms with Gasteiger partial charge in [0.2, 0.25) is 0 Å². The highest BCUT2D eigenvalue weighted by Crippen LogP contribution is 2.13. The molecule has 0 saturated heterocycles. The van der Waals surface area contributed by atoms with Gasteiger partial charge in [-0.15, -0.1) is 0 Å². The van der Waals surface area contributed by atoms with E-state index in [0.717, 1.165) is 21.4 Å². The average Bonchev–Trinajstić information content (AvgIpc) is 2.59. The van der Waals surface area contributed by atoms with Crippen molar-refractivity contribution in [2.45, 2.75) is 33.9 Å². The van der Waals surface area contributed by atoms with Crippen LogP contribution in [0.25, 0.3) is 5.82 Å². The van der Waals surface area contributed by atoms with Gasteiger partial charge in [0, 0.05) is 17.2 Å². The molecule has 0 saturated carbocycles. The normalized spacial score (nSPS) is 16.8. The van der Waals surface area contributed by atoms with Crippen molar-refractivity contribution in [1.29, 1.82) is 0 Å². The molecule has 0 unspecified atom stereocenters. The first-order chi connectivity index (χ1) is 10.7. The van der Waals surface area contributed by atoms with Gasteiger partial charge in [0.1, 0.15) is 5.82 Å². The lowest BCUT2D eigenvalue weighted by Gasteiger charge is -2.08. The van der Waals surface area contributed by atoms with E-state index in [-0.39, 0.29) is 13.1 Å². The predicted molar refractivity (Wildman–Crippen MR) is 91.3 cm³/mol. The standard InChI is InChI=1S/C15H20N4O3S/c1-10-9-11(2)13(16-12(10)3)19-14(20)17-5-7-23(4,22)8-6-18(17)15(19)21/h9H,4-8H2,1-3H3. The molecule has 0 N–H and O–H groups in total. The third-order valence-corrected chi connectivity index (χ3v) is 6.16. The predicted octanol–water partition coefficient (Wildman–Crippen LogP) is -0.149. The third-order valence-electron chi connectivity index (χ3n) is 4.31. The van der Waals surface area contributed by atoms with Crippen LogP contribution in [0.5, 0.6) is 0 Å². The smallest absolute Gasteiger partial charge is 0.268 e. The van der Waals surface area contributed by atoms with Gasteiger partial charge in [0.25, 0.3) is 0 Å². The Morgan fingerprint density at radius 2 is 1.57 bits per heavy atom. The van der Waals surface area contributed by atoms with Crippen LogP contribution in [0.4, 0.5) is 0 Å². The van der Waals surface area contributed by atoms with Crippen LogP contribution in [0.15, 0.2) is 15.7 Å². The zero-order valence-electron chi connectivity index (χ0n) is 13.5. The van der Waals surface area contributed by atoms with Crippen molar-refractivity contribution in [3.05, 3.63) is 43.9 Å². The lowest BCUT2D eigenvalue weighted by molar-refractivity contribution is 0.480. The second kappa shape index (κ2) is 5.23. The molecule has 0 aromatic carbocycles. The van der Waals surface area contributed by atoms with Gasteiger partial charge in [-0.2, -0.15) is 4.57 Å². The highest BCUT2D eigenvalue weighted by Gasteiger charge is 2.23. The van der Waals surface area contributed by atoms with Crippen molar-refractivity contribution in [2.24, 2.45) is 0 Å². The van der Waals surface area contributed by atoms with E-state index >= 15 is 0 Å². The molecule has 0 radical (unpaired) electrons. The number of pyridine rings is 1. The number of fused-ring (bicyclic) bond motifs is 1. The SMILES string of the molecule is C=S1(=O)CCn2c(=O)n(-c3nc(C)c(C)cc3C)c(=O)n2CC1. The van der Waals surface area contributed by atoms with Crippen LogP contribution in [0.3, 0.4) is 0 Å². The summed E-state index contributed by atoms with van der Waals surface area (Å²) < 4.78 is 16.0. The van der Waals surface area contributed by atoms with Gasteiger partial charge < -0.3 is 0 Å². The second-order valence-corrected chi connectivity index (χ2v) is 8.80. The minimum atomic E-state index is -2.23. The van der Waals surface area contributed by atoms with E-state index in [1.54, 1.807) is 0 Å². The fourth-order valence-corrected chi connectivity index (χ4v) is 4.01. The number of aryl methyl sites for hydroxylation is 3. The molecular formula is C15H20N4O3S. The van der Waals surface area contributed by atoms with Gasteiger partial charge in [0.05, 0.1) is 13.1 Å². The molecule has 1 aliphatic rings. The Labute approximate surface area is 134 Å². The van der Waals surface area contributed by atoms with E-state index in [4.69, 9.17) is 0 Å². The zero-order valence-corrected chi connectivity index (χ0v) is 14.4. The van der Waals surface area contributed by atoms with Gasteiger partial charge >= 0.3 is 11.4 Å². The minimum Gasteiger partial charge on any atom is -0.268 e. The van der Waals surface area contributed by atoms with E-state index in [1.807, 2.05) is 26.8 Å². The maximum atomic E-state index is 12.7. The molecule has 0 atom stereocenters. The van der Waals surface area contributed by atoms with Crippen LogP contribution in [0.1, 0.15) is 16.8 Å². The maximum absolute atomic E-state index is 12.7. The van der Waals surface area contributed by atoms with E-state index < -0.39 is 20.9 Å². The number of hydrogen-bond acceptors (Lipinski definition) is 4. The Balaban J connectivity index is 2.24. The molecule has 0 amide bonds. The second-order valence-electron chi connectivity index (χ2n) is 6.05. The summed E-state index contributed by atoms with van der Waals surface area (Å²) in [4.78, 5) is 29.8. The summed E-state index contributed by atoms with van der Waals surface area (Å²) in [6.07, 6.45) is 0. The number of nitrogens with zero attached hydrogens (tertiary/aromatic N) is 4. The first kappa shape index (κ1) is 15.8. The third kappa shape index (κ3) is 2.56. The number of rotatable bonds is 1. The van der Waals surface area contributed by atoms with E-state index in [2.05, 4.69) is 10.9 Å². The molecule has 0 fully saturated rings. The molecule has 1 aliphatic heterocycles. The summed E-state index contributed by atoms with van der Waals surface area (Å²) in [6.45, 7) is 6.08. The Kier molecular flexibility index (Phi) is 3.59.